The number of likely N-dealkylation sites (tertiary alicyclic amines) is 1. The fourth-order valence-electron chi connectivity index (χ4n) is 3.09. The standard InChI is InChI=1S/C20H32N4O2/c1-14(2)15-5-7-16(8-6-15)18(21)12-22-20(26)17-11-19(25)24(13-17)10-9-23(3)4/h5-8,14,17-18H,9-13,21H2,1-4H3,(H,22,26). The number of amides is 2. The maximum absolute atomic E-state index is 12.4. The highest BCUT2D eigenvalue weighted by atomic mass is 16.2. The molecule has 1 aliphatic rings. The van der Waals surface area contributed by atoms with Gasteiger partial charge in [0.2, 0.25) is 11.8 Å². The van der Waals surface area contributed by atoms with Gasteiger partial charge >= 0.3 is 0 Å². The van der Waals surface area contributed by atoms with Crippen LogP contribution in [0.4, 0.5) is 0 Å². The molecule has 6 heteroatoms. The van der Waals surface area contributed by atoms with E-state index in [0.717, 1.165) is 12.1 Å². The van der Waals surface area contributed by atoms with Crippen molar-refractivity contribution < 1.29 is 9.59 Å². The van der Waals surface area contributed by atoms with Gasteiger partial charge in [0.25, 0.3) is 0 Å². The summed E-state index contributed by atoms with van der Waals surface area (Å²) in [5.41, 5.74) is 8.48. The van der Waals surface area contributed by atoms with E-state index in [-0.39, 0.29) is 30.2 Å². The monoisotopic (exact) mass is 360 g/mol. The Hall–Kier alpha value is -1.92. The number of carbonyl (C=O) groups is 2. The second kappa shape index (κ2) is 9.14. The first kappa shape index (κ1) is 20.4. The Kier molecular flexibility index (Phi) is 7.17. The first-order valence-electron chi connectivity index (χ1n) is 9.33. The molecule has 1 heterocycles. The SMILES string of the molecule is CC(C)c1ccc(C(N)CNC(=O)C2CC(=O)N(CCN(C)C)C2)cc1. The summed E-state index contributed by atoms with van der Waals surface area (Å²) in [6.07, 6.45) is 0.289. The average Bonchev–Trinajstić information content (AvgIpc) is 2.98. The Morgan fingerprint density at radius 3 is 2.46 bits per heavy atom. The molecule has 0 bridgehead atoms. The van der Waals surface area contributed by atoms with Crippen LogP contribution in [0.1, 0.15) is 43.4 Å². The number of nitrogens with one attached hydrogen (secondary N) is 1. The Bertz CT molecular complexity index is 613. The van der Waals surface area contributed by atoms with E-state index in [1.54, 1.807) is 4.90 Å². The smallest absolute Gasteiger partial charge is 0.225 e. The van der Waals surface area contributed by atoms with Gasteiger partial charge in [0, 0.05) is 38.6 Å². The molecule has 0 aliphatic carbocycles. The average molecular weight is 361 g/mol. The van der Waals surface area contributed by atoms with Crippen molar-refractivity contribution in [3.8, 4) is 0 Å². The predicted octanol–water partition coefficient (Wildman–Crippen LogP) is 1.34. The molecule has 2 amide bonds. The van der Waals surface area contributed by atoms with Gasteiger partial charge in [0.05, 0.1) is 5.92 Å². The summed E-state index contributed by atoms with van der Waals surface area (Å²) in [7, 11) is 3.94. The van der Waals surface area contributed by atoms with E-state index in [1.807, 2.05) is 31.1 Å². The molecule has 0 aromatic heterocycles. The number of benzene rings is 1. The molecule has 144 valence electrons. The summed E-state index contributed by atoms with van der Waals surface area (Å²) < 4.78 is 0. The highest BCUT2D eigenvalue weighted by Gasteiger charge is 2.34. The number of carbonyl (C=O) groups excluding carboxylic acids is 2. The first-order chi connectivity index (χ1) is 12.3. The van der Waals surface area contributed by atoms with Crippen molar-refractivity contribution in [2.75, 3.05) is 40.3 Å². The maximum atomic E-state index is 12.4. The quantitative estimate of drug-likeness (QED) is 0.733. The molecule has 2 rings (SSSR count). The number of hydrogen-bond donors (Lipinski definition) is 2. The molecule has 1 aromatic rings. The summed E-state index contributed by atoms with van der Waals surface area (Å²) in [5.74, 6) is 0.177. The summed E-state index contributed by atoms with van der Waals surface area (Å²) >= 11 is 0. The molecule has 1 aliphatic heterocycles. The fraction of sp³-hybridized carbons (Fsp3) is 0.600. The molecule has 3 N–H and O–H groups in total. The van der Waals surface area contributed by atoms with Gasteiger partial charge < -0.3 is 20.9 Å². The Morgan fingerprint density at radius 2 is 1.88 bits per heavy atom. The van der Waals surface area contributed by atoms with E-state index in [2.05, 4.69) is 31.3 Å². The van der Waals surface area contributed by atoms with E-state index in [0.29, 0.717) is 25.6 Å². The molecule has 26 heavy (non-hydrogen) atoms. The van der Waals surface area contributed by atoms with E-state index in [4.69, 9.17) is 5.73 Å². The van der Waals surface area contributed by atoms with Crippen LogP contribution in [0.3, 0.4) is 0 Å². The second-order valence-corrected chi connectivity index (χ2v) is 7.72. The van der Waals surface area contributed by atoms with Gasteiger partial charge in [-0.05, 0) is 31.1 Å². The first-order valence-corrected chi connectivity index (χ1v) is 9.33. The van der Waals surface area contributed by atoms with Crippen molar-refractivity contribution in [2.24, 2.45) is 11.7 Å². The third-order valence-electron chi connectivity index (χ3n) is 4.93. The van der Waals surface area contributed by atoms with Gasteiger partial charge in [-0.3, -0.25) is 9.59 Å². The topological polar surface area (TPSA) is 78.7 Å². The van der Waals surface area contributed by atoms with Gasteiger partial charge in [-0.25, -0.2) is 0 Å². The molecule has 2 unspecified atom stereocenters. The van der Waals surface area contributed by atoms with Crippen molar-refractivity contribution in [1.29, 1.82) is 0 Å². The van der Waals surface area contributed by atoms with Crippen molar-refractivity contribution in [2.45, 2.75) is 32.2 Å². The molecule has 6 nitrogen and oxygen atoms in total. The van der Waals surface area contributed by atoms with E-state index >= 15 is 0 Å². The molecular formula is C20H32N4O2. The van der Waals surface area contributed by atoms with Crippen molar-refractivity contribution >= 4 is 11.8 Å². The number of likely N-dealkylation sites (N-methyl/N-ethyl adjacent to an activating group) is 1. The van der Waals surface area contributed by atoms with Crippen LogP contribution in [0.25, 0.3) is 0 Å². The lowest BCUT2D eigenvalue weighted by Crippen LogP contribution is -2.38. The number of rotatable bonds is 8. The highest BCUT2D eigenvalue weighted by Crippen LogP contribution is 2.19. The lowest BCUT2D eigenvalue weighted by Gasteiger charge is -2.19. The lowest BCUT2D eigenvalue weighted by molar-refractivity contribution is -0.129. The van der Waals surface area contributed by atoms with Crippen LogP contribution in [0, 0.1) is 5.92 Å². The van der Waals surface area contributed by atoms with E-state index < -0.39 is 0 Å². The second-order valence-electron chi connectivity index (χ2n) is 7.72. The van der Waals surface area contributed by atoms with Gasteiger partial charge in [0.1, 0.15) is 0 Å². The normalized spacial score (nSPS) is 18.7. The van der Waals surface area contributed by atoms with Crippen LogP contribution in [0.2, 0.25) is 0 Å². The predicted molar refractivity (Wildman–Crippen MR) is 104 cm³/mol. The summed E-state index contributed by atoms with van der Waals surface area (Å²) in [6, 6.07) is 7.96. The molecule has 0 radical (unpaired) electrons. The number of nitrogens with two attached hydrogens (primary N) is 1. The van der Waals surface area contributed by atoms with Crippen LogP contribution in [-0.4, -0.2) is 61.9 Å². The van der Waals surface area contributed by atoms with E-state index in [9.17, 15) is 9.59 Å². The van der Waals surface area contributed by atoms with Crippen molar-refractivity contribution in [3.05, 3.63) is 35.4 Å². The zero-order valence-corrected chi connectivity index (χ0v) is 16.4. The van der Waals surface area contributed by atoms with Gasteiger partial charge in [-0.2, -0.15) is 0 Å². The highest BCUT2D eigenvalue weighted by molar-refractivity contribution is 5.89. The minimum Gasteiger partial charge on any atom is -0.354 e. The van der Waals surface area contributed by atoms with Gasteiger partial charge in [-0.15, -0.1) is 0 Å². The third-order valence-corrected chi connectivity index (χ3v) is 4.93. The lowest BCUT2D eigenvalue weighted by atomic mass is 9.99. The van der Waals surface area contributed by atoms with Gasteiger partial charge in [-0.1, -0.05) is 38.1 Å². The third kappa shape index (κ3) is 5.54. The number of nitrogens with zero attached hydrogens (tertiary/aromatic N) is 2. The van der Waals surface area contributed by atoms with Crippen LogP contribution in [0.15, 0.2) is 24.3 Å². The zero-order chi connectivity index (χ0) is 19.3. The van der Waals surface area contributed by atoms with Crippen LogP contribution < -0.4 is 11.1 Å². The molecule has 0 saturated carbocycles. The Balaban J connectivity index is 1.81. The molecule has 1 saturated heterocycles. The minimum atomic E-state index is -0.278. The molecule has 2 atom stereocenters. The van der Waals surface area contributed by atoms with Crippen LogP contribution >= 0.6 is 0 Å². The number of hydrogen-bond acceptors (Lipinski definition) is 4. The summed E-state index contributed by atoms with van der Waals surface area (Å²) in [4.78, 5) is 28.3. The molecular weight excluding hydrogens is 328 g/mol. The largest absolute Gasteiger partial charge is 0.354 e. The fourth-order valence-corrected chi connectivity index (χ4v) is 3.09. The van der Waals surface area contributed by atoms with Crippen molar-refractivity contribution in [1.82, 2.24) is 15.1 Å². The Labute approximate surface area is 156 Å². The molecule has 0 spiro atoms. The summed E-state index contributed by atoms with van der Waals surface area (Å²) in [6.45, 7) is 6.65. The van der Waals surface area contributed by atoms with Crippen molar-refractivity contribution in [3.63, 3.8) is 0 Å². The van der Waals surface area contributed by atoms with Gasteiger partial charge in [0.15, 0.2) is 0 Å². The van der Waals surface area contributed by atoms with Crippen LogP contribution in [-0.2, 0) is 9.59 Å². The summed E-state index contributed by atoms with van der Waals surface area (Å²) in [5, 5.41) is 2.91. The molecule has 1 fully saturated rings. The maximum Gasteiger partial charge on any atom is 0.225 e. The minimum absolute atomic E-state index is 0.0561. The van der Waals surface area contributed by atoms with E-state index in [1.165, 1.54) is 5.56 Å². The molecule has 1 aromatic carbocycles. The Morgan fingerprint density at radius 1 is 1.27 bits per heavy atom. The zero-order valence-electron chi connectivity index (χ0n) is 16.4. The van der Waals surface area contributed by atoms with Crippen LogP contribution in [0.5, 0.6) is 0 Å².